The van der Waals surface area contributed by atoms with Crippen molar-refractivity contribution >= 4 is 26.8 Å². The molecule has 20 heavy (non-hydrogen) atoms. The second kappa shape index (κ2) is 5.62. The van der Waals surface area contributed by atoms with Gasteiger partial charge < -0.3 is 10.3 Å². The Bertz CT molecular complexity index is 686. The van der Waals surface area contributed by atoms with Gasteiger partial charge in [-0.15, -0.1) is 0 Å². The second-order valence-electron chi connectivity index (χ2n) is 4.85. The molecule has 0 saturated carbocycles. The molecule has 1 aromatic carbocycles. The van der Waals surface area contributed by atoms with Crippen LogP contribution in [0.1, 0.15) is 20.3 Å². The number of nitrogens with one attached hydrogen (secondary N) is 2. The predicted molar refractivity (Wildman–Crippen MR) is 76.0 cm³/mol. The zero-order valence-corrected chi connectivity index (χ0v) is 12.2. The molecule has 6 nitrogen and oxygen atoms in total. The van der Waals surface area contributed by atoms with Gasteiger partial charge in [0, 0.05) is 12.5 Å². The van der Waals surface area contributed by atoms with Gasteiger partial charge in [0.2, 0.25) is 20.9 Å². The van der Waals surface area contributed by atoms with Crippen LogP contribution < -0.4 is 5.32 Å². The van der Waals surface area contributed by atoms with Crippen molar-refractivity contribution in [1.82, 2.24) is 15.3 Å². The van der Waals surface area contributed by atoms with Gasteiger partial charge in [0.15, 0.2) is 0 Å². The fourth-order valence-corrected chi connectivity index (χ4v) is 2.94. The lowest BCUT2D eigenvalue weighted by molar-refractivity contribution is -0.121. The van der Waals surface area contributed by atoms with Crippen LogP contribution in [0, 0.1) is 0 Å². The summed E-state index contributed by atoms with van der Waals surface area (Å²) in [5.41, 5.74) is 1.26. The summed E-state index contributed by atoms with van der Waals surface area (Å²) in [6.45, 7) is 3.65. The molecule has 7 heteroatoms. The third-order valence-electron chi connectivity index (χ3n) is 2.71. The molecule has 2 aromatic rings. The van der Waals surface area contributed by atoms with Gasteiger partial charge in [0.05, 0.1) is 16.8 Å². The molecule has 0 saturated heterocycles. The molecular formula is C13H17N3O3S. The topological polar surface area (TPSA) is 91.9 Å². The maximum absolute atomic E-state index is 12.1. The minimum absolute atomic E-state index is 0.00333. The molecule has 1 amide bonds. The van der Waals surface area contributed by atoms with Crippen molar-refractivity contribution < 1.29 is 13.2 Å². The monoisotopic (exact) mass is 295 g/mol. The number of benzene rings is 1. The van der Waals surface area contributed by atoms with Crippen LogP contribution in [0.15, 0.2) is 29.4 Å². The molecule has 0 aliphatic heterocycles. The number of sulfone groups is 1. The number of H-pyrrole nitrogens is 1. The van der Waals surface area contributed by atoms with Crippen LogP contribution >= 0.6 is 0 Å². The van der Waals surface area contributed by atoms with Crippen molar-refractivity contribution in [3.8, 4) is 0 Å². The van der Waals surface area contributed by atoms with Crippen LogP contribution in [0.2, 0.25) is 0 Å². The zero-order chi connectivity index (χ0) is 14.8. The maximum atomic E-state index is 12.1. The van der Waals surface area contributed by atoms with Crippen molar-refractivity contribution in [3.05, 3.63) is 24.3 Å². The van der Waals surface area contributed by atoms with Crippen LogP contribution in [0.25, 0.3) is 11.0 Å². The van der Waals surface area contributed by atoms with E-state index < -0.39 is 9.84 Å². The quantitative estimate of drug-likeness (QED) is 0.868. The number of hydrogen-bond acceptors (Lipinski definition) is 4. The molecule has 0 spiro atoms. The highest BCUT2D eigenvalue weighted by molar-refractivity contribution is 7.91. The molecule has 1 aromatic heterocycles. The SMILES string of the molecule is CC(C)NC(=O)CCS(=O)(=O)c1nc2ccccc2[nH]1. The summed E-state index contributed by atoms with van der Waals surface area (Å²) in [4.78, 5) is 18.3. The number of rotatable bonds is 5. The Morgan fingerprint density at radius 3 is 2.70 bits per heavy atom. The van der Waals surface area contributed by atoms with E-state index in [1.165, 1.54) is 0 Å². The molecular weight excluding hydrogens is 278 g/mol. The number of imidazole rings is 1. The summed E-state index contributed by atoms with van der Waals surface area (Å²) < 4.78 is 24.2. The minimum Gasteiger partial charge on any atom is -0.354 e. The van der Waals surface area contributed by atoms with E-state index in [0.717, 1.165) is 0 Å². The maximum Gasteiger partial charge on any atom is 0.226 e. The summed E-state index contributed by atoms with van der Waals surface area (Å²) in [6.07, 6.45) is -0.0719. The molecule has 0 aliphatic carbocycles. The predicted octanol–water partition coefficient (Wildman–Crippen LogP) is 1.25. The van der Waals surface area contributed by atoms with Crippen LogP contribution in [0.4, 0.5) is 0 Å². The fraction of sp³-hybridized carbons (Fsp3) is 0.385. The standard InChI is InChI=1S/C13H17N3O3S/c1-9(2)14-12(17)7-8-20(18,19)13-15-10-5-3-4-6-11(10)16-13/h3-6,9H,7-8H2,1-2H3,(H,14,17)(H,15,16). The van der Waals surface area contributed by atoms with Gasteiger partial charge in [0.1, 0.15) is 0 Å². The van der Waals surface area contributed by atoms with Gasteiger partial charge in [0.25, 0.3) is 0 Å². The molecule has 108 valence electrons. The first kappa shape index (κ1) is 14.5. The van der Waals surface area contributed by atoms with E-state index in [-0.39, 0.29) is 29.3 Å². The van der Waals surface area contributed by atoms with E-state index in [1.54, 1.807) is 24.3 Å². The normalized spacial score (nSPS) is 11.9. The van der Waals surface area contributed by atoms with E-state index in [2.05, 4.69) is 15.3 Å². The Labute approximate surface area is 117 Å². The van der Waals surface area contributed by atoms with Crippen LogP contribution in [-0.2, 0) is 14.6 Å². The Balaban J connectivity index is 2.12. The third-order valence-corrected chi connectivity index (χ3v) is 4.23. The summed E-state index contributed by atoms with van der Waals surface area (Å²) in [6, 6.07) is 7.07. The van der Waals surface area contributed by atoms with Crippen molar-refractivity contribution in [2.24, 2.45) is 0 Å². The number of aromatic amines is 1. The third kappa shape index (κ3) is 3.36. The van der Waals surface area contributed by atoms with Crippen LogP contribution in [0.5, 0.6) is 0 Å². The van der Waals surface area contributed by atoms with Crippen molar-refractivity contribution in [1.29, 1.82) is 0 Å². The first-order valence-electron chi connectivity index (χ1n) is 6.35. The Kier molecular flexibility index (Phi) is 4.08. The average molecular weight is 295 g/mol. The van der Waals surface area contributed by atoms with Crippen molar-refractivity contribution in [2.45, 2.75) is 31.5 Å². The number of hydrogen-bond donors (Lipinski definition) is 2. The number of carbonyl (C=O) groups excluding carboxylic acids is 1. The van der Waals surface area contributed by atoms with Gasteiger partial charge in [-0.25, -0.2) is 13.4 Å². The van der Waals surface area contributed by atoms with E-state index in [1.807, 2.05) is 13.8 Å². The fourth-order valence-electron chi connectivity index (χ4n) is 1.79. The molecule has 0 unspecified atom stereocenters. The number of carbonyl (C=O) groups is 1. The Morgan fingerprint density at radius 2 is 2.05 bits per heavy atom. The first-order chi connectivity index (χ1) is 9.38. The molecule has 0 atom stereocenters. The smallest absolute Gasteiger partial charge is 0.226 e. The molecule has 0 radical (unpaired) electrons. The lowest BCUT2D eigenvalue weighted by atomic mass is 10.3. The number of aromatic nitrogens is 2. The van der Waals surface area contributed by atoms with Crippen molar-refractivity contribution in [2.75, 3.05) is 5.75 Å². The van der Waals surface area contributed by atoms with E-state index in [9.17, 15) is 13.2 Å². The molecule has 0 bridgehead atoms. The van der Waals surface area contributed by atoms with Crippen LogP contribution in [-0.4, -0.2) is 36.1 Å². The Hall–Kier alpha value is -1.89. The molecule has 2 N–H and O–H groups in total. The highest BCUT2D eigenvalue weighted by atomic mass is 32.2. The molecule has 0 aliphatic rings. The summed E-state index contributed by atoms with van der Waals surface area (Å²) in [7, 11) is -3.58. The number of amides is 1. The summed E-state index contributed by atoms with van der Waals surface area (Å²) in [5, 5.41) is 2.57. The van der Waals surface area contributed by atoms with E-state index >= 15 is 0 Å². The van der Waals surface area contributed by atoms with Gasteiger partial charge >= 0.3 is 0 Å². The van der Waals surface area contributed by atoms with Gasteiger partial charge in [-0.2, -0.15) is 0 Å². The van der Waals surface area contributed by atoms with Crippen molar-refractivity contribution in [3.63, 3.8) is 0 Å². The molecule has 0 fully saturated rings. The molecule has 2 rings (SSSR count). The summed E-state index contributed by atoms with van der Waals surface area (Å²) >= 11 is 0. The van der Waals surface area contributed by atoms with E-state index in [4.69, 9.17) is 0 Å². The number of para-hydroxylation sites is 2. The molecule has 1 heterocycles. The van der Waals surface area contributed by atoms with Gasteiger partial charge in [-0.05, 0) is 26.0 Å². The lowest BCUT2D eigenvalue weighted by Gasteiger charge is -2.07. The first-order valence-corrected chi connectivity index (χ1v) is 8.00. The highest BCUT2D eigenvalue weighted by Gasteiger charge is 2.20. The Morgan fingerprint density at radius 1 is 1.35 bits per heavy atom. The second-order valence-corrected chi connectivity index (χ2v) is 6.87. The number of nitrogens with zero attached hydrogens (tertiary/aromatic N) is 1. The van der Waals surface area contributed by atoms with Gasteiger partial charge in [-0.1, -0.05) is 12.1 Å². The van der Waals surface area contributed by atoms with E-state index in [0.29, 0.717) is 11.0 Å². The highest BCUT2D eigenvalue weighted by Crippen LogP contribution is 2.15. The average Bonchev–Trinajstić information content (AvgIpc) is 2.80. The van der Waals surface area contributed by atoms with Crippen LogP contribution in [0.3, 0.4) is 0 Å². The summed E-state index contributed by atoms with van der Waals surface area (Å²) in [5.74, 6) is -0.537. The lowest BCUT2D eigenvalue weighted by Crippen LogP contribution is -2.31. The number of fused-ring (bicyclic) bond motifs is 1. The van der Waals surface area contributed by atoms with Gasteiger partial charge in [-0.3, -0.25) is 4.79 Å². The largest absolute Gasteiger partial charge is 0.354 e. The minimum atomic E-state index is -3.58. The zero-order valence-electron chi connectivity index (χ0n) is 11.4.